The van der Waals surface area contributed by atoms with Crippen LogP contribution in [0.2, 0.25) is 0 Å². The lowest BCUT2D eigenvalue weighted by Crippen LogP contribution is -2.55. The van der Waals surface area contributed by atoms with Crippen LogP contribution in [-0.2, 0) is 14.8 Å². The SMILES string of the molecule is CC(=O)c1ccc(S(=O)(=O)N2CCN(C(=O)[C@@H](N)C(C)C)CC2)cc1. The van der Waals surface area contributed by atoms with E-state index < -0.39 is 16.1 Å². The van der Waals surface area contributed by atoms with Crippen molar-refractivity contribution in [3.8, 4) is 0 Å². The Kier molecular flexibility index (Phi) is 5.97. The molecule has 1 atom stereocenters. The van der Waals surface area contributed by atoms with Crippen molar-refractivity contribution in [3.63, 3.8) is 0 Å². The second-order valence-electron chi connectivity index (χ2n) is 6.58. The Labute approximate surface area is 148 Å². The van der Waals surface area contributed by atoms with Crippen LogP contribution in [0.1, 0.15) is 31.1 Å². The highest BCUT2D eigenvalue weighted by Gasteiger charge is 2.32. The number of carbonyl (C=O) groups excluding carboxylic acids is 2. The summed E-state index contributed by atoms with van der Waals surface area (Å²) in [5, 5.41) is 0. The number of Topliss-reactive ketones (excluding diaryl/α,β-unsaturated/α-hetero) is 1. The lowest BCUT2D eigenvalue weighted by Gasteiger charge is -2.35. The summed E-state index contributed by atoms with van der Waals surface area (Å²) < 4.78 is 26.8. The fraction of sp³-hybridized carbons (Fsp3) is 0.529. The quantitative estimate of drug-likeness (QED) is 0.772. The minimum Gasteiger partial charge on any atom is -0.339 e. The van der Waals surface area contributed by atoms with Gasteiger partial charge >= 0.3 is 0 Å². The number of rotatable bonds is 5. The third kappa shape index (κ3) is 4.26. The molecule has 0 unspecified atom stereocenters. The molecule has 0 bridgehead atoms. The van der Waals surface area contributed by atoms with Crippen molar-refractivity contribution in [3.05, 3.63) is 29.8 Å². The van der Waals surface area contributed by atoms with Gasteiger partial charge < -0.3 is 10.6 Å². The molecule has 0 aliphatic carbocycles. The predicted molar refractivity (Wildman–Crippen MR) is 94.6 cm³/mol. The van der Waals surface area contributed by atoms with Crippen molar-refractivity contribution in [1.29, 1.82) is 0 Å². The van der Waals surface area contributed by atoms with E-state index in [4.69, 9.17) is 5.73 Å². The zero-order valence-corrected chi connectivity index (χ0v) is 15.6. The number of sulfonamides is 1. The summed E-state index contributed by atoms with van der Waals surface area (Å²) in [7, 11) is -3.64. The van der Waals surface area contributed by atoms with Gasteiger partial charge in [-0.1, -0.05) is 26.0 Å². The lowest BCUT2D eigenvalue weighted by molar-refractivity contribution is -0.134. The summed E-state index contributed by atoms with van der Waals surface area (Å²) in [5.41, 5.74) is 6.36. The highest BCUT2D eigenvalue weighted by molar-refractivity contribution is 7.89. The summed E-state index contributed by atoms with van der Waals surface area (Å²) in [6.45, 7) is 6.30. The maximum absolute atomic E-state index is 12.7. The minimum absolute atomic E-state index is 0.0362. The second-order valence-corrected chi connectivity index (χ2v) is 8.52. The van der Waals surface area contributed by atoms with Crippen molar-refractivity contribution >= 4 is 21.7 Å². The van der Waals surface area contributed by atoms with Gasteiger partial charge in [0.25, 0.3) is 0 Å². The van der Waals surface area contributed by atoms with E-state index in [-0.39, 0.29) is 35.6 Å². The van der Waals surface area contributed by atoms with E-state index in [2.05, 4.69) is 0 Å². The molecule has 1 aromatic carbocycles. The molecule has 0 aromatic heterocycles. The number of amides is 1. The Hall–Kier alpha value is -1.77. The lowest BCUT2D eigenvalue weighted by atomic mass is 10.0. The zero-order chi connectivity index (χ0) is 18.8. The van der Waals surface area contributed by atoms with Crippen LogP contribution in [0, 0.1) is 5.92 Å². The maximum Gasteiger partial charge on any atom is 0.243 e. The number of carbonyl (C=O) groups is 2. The molecule has 8 heteroatoms. The number of hydrogen-bond acceptors (Lipinski definition) is 5. The molecular weight excluding hydrogens is 342 g/mol. The topological polar surface area (TPSA) is 101 Å². The molecule has 25 heavy (non-hydrogen) atoms. The first-order valence-electron chi connectivity index (χ1n) is 8.30. The van der Waals surface area contributed by atoms with Crippen molar-refractivity contribution in [2.45, 2.75) is 31.7 Å². The smallest absolute Gasteiger partial charge is 0.243 e. The number of benzene rings is 1. The molecule has 1 aliphatic rings. The van der Waals surface area contributed by atoms with Gasteiger partial charge in [0, 0.05) is 31.7 Å². The first kappa shape index (κ1) is 19.6. The van der Waals surface area contributed by atoms with Crippen LogP contribution in [-0.4, -0.2) is 61.5 Å². The van der Waals surface area contributed by atoms with Gasteiger partial charge in [-0.15, -0.1) is 0 Å². The van der Waals surface area contributed by atoms with Gasteiger partial charge in [-0.25, -0.2) is 8.42 Å². The molecule has 1 heterocycles. The van der Waals surface area contributed by atoms with Crippen molar-refractivity contribution in [2.24, 2.45) is 11.7 Å². The Bertz CT molecular complexity index is 736. The molecule has 2 rings (SSSR count). The monoisotopic (exact) mass is 367 g/mol. The van der Waals surface area contributed by atoms with Crippen molar-refractivity contribution in [1.82, 2.24) is 9.21 Å². The second kappa shape index (κ2) is 7.63. The predicted octanol–water partition coefficient (Wildman–Crippen LogP) is 0.705. The third-order valence-electron chi connectivity index (χ3n) is 4.45. The van der Waals surface area contributed by atoms with E-state index in [1.54, 1.807) is 4.90 Å². The first-order chi connectivity index (χ1) is 11.6. The van der Waals surface area contributed by atoms with Crippen molar-refractivity contribution < 1.29 is 18.0 Å². The van der Waals surface area contributed by atoms with Crippen LogP contribution < -0.4 is 5.73 Å². The number of hydrogen-bond donors (Lipinski definition) is 1. The van der Waals surface area contributed by atoms with Gasteiger partial charge in [-0.3, -0.25) is 9.59 Å². The molecule has 7 nitrogen and oxygen atoms in total. The van der Waals surface area contributed by atoms with E-state index in [0.717, 1.165) is 0 Å². The van der Waals surface area contributed by atoms with Crippen molar-refractivity contribution in [2.75, 3.05) is 26.2 Å². The normalized spacial score (nSPS) is 17.6. The van der Waals surface area contributed by atoms with Gasteiger partial charge in [-0.2, -0.15) is 4.31 Å². The van der Waals surface area contributed by atoms with Gasteiger partial charge in [0.15, 0.2) is 5.78 Å². The van der Waals surface area contributed by atoms with Gasteiger partial charge in [0.1, 0.15) is 0 Å². The van der Waals surface area contributed by atoms with E-state index in [1.165, 1.54) is 35.5 Å². The maximum atomic E-state index is 12.7. The summed E-state index contributed by atoms with van der Waals surface area (Å²) in [4.78, 5) is 25.3. The molecule has 0 saturated carbocycles. The average molecular weight is 367 g/mol. The van der Waals surface area contributed by atoms with Crippen LogP contribution >= 0.6 is 0 Å². The molecule has 138 valence electrons. The van der Waals surface area contributed by atoms with E-state index in [0.29, 0.717) is 18.7 Å². The minimum atomic E-state index is -3.64. The van der Waals surface area contributed by atoms with Gasteiger partial charge in [0.05, 0.1) is 10.9 Å². The van der Waals surface area contributed by atoms with E-state index >= 15 is 0 Å². The molecule has 1 aromatic rings. The largest absolute Gasteiger partial charge is 0.339 e. The average Bonchev–Trinajstić information content (AvgIpc) is 2.60. The molecular formula is C17H25N3O4S. The Balaban J connectivity index is 2.06. The van der Waals surface area contributed by atoms with Gasteiger partial charge in [-0.05, 0) is 25.0 Å². The summed E-state index contributed by atoms with van der Waals surface area (Å²) in [5.74, 6) is -0.218. The number of nitrogens with zero attached hydrogens (tertiary/aromatic N) is 2. The highest BCUT2D eigenvalue weighted by atomic mass is 32.2. The molecule has 1 fully saturated rings. The fourth-order valence-electron chi connectivity index (χ4n) is 2.66. The van der Waals surface area contributed by atoms with E-state index in [1.807, 2.05) is 13.8 Å². The number of ketones is 1. The molecule has 2 N–H and O–H groups in total. The molecule has 1 aliphatic heterocycles. The van der Waals surface area contributed by atoms with Crippen LogP contribution in [0.15, 0.2) is 29.2 Å². The Morgan fingerprint density at radius 3 is 2.00 bits per heavy atom. The van der Waals surface area contributed by atoms with Crippen LogP contribution in [0.4, 0.5) is 0 Å². The zero-order valence-electron chi connectivity index (χ0n) is 14.8. The molecule has 0 radical (unpaired) electrons. The van der Waals surface area contributed by atoms with Crippen LogP contribution in [0.5, 0.6) is 0 Å². The van der Waals surface area contributed by atoms with Gasteiger partial charge in [0.2, 0.25) is 15.9 Å². The highest BCUT2D eigenvalue weighted by Crippen LogP contribution is 2.19. The van der Waals surface area contributed by atoms with E-state index in [9.17, 15) is 18.0 Å². The summed E-state index contributed by atoms with van der Waals surface area (Å²) in [6.07, 6.45) is 0. The van der Waals surface area contributed by atoms with Crippen LogP contribution in [0.3, 0.4) is 0 Å². The first-order valence-corrected chi connectivity index (χ1v) is 9.74. The molecule has 1 amide bonds. The number of piperazine rings is 1. The fourth-order valence-corrected chi connectivity index (χ4v) is 4.08. The standard InChI is InChI=1S/C17H25N3O4S/c1-12(2)16(18)17(22)19-8-10-20(11-9-19)25(23,24)15-6-4-14(5-7-15)13(3)21/h4-7,12,16H,8-11,18H2,1-3H3/t16-/m0/s1. The summed E-state index contributed by atoms with van der Waals surface area (Å²) >= 11 is 0. The molecule has 0 spiro atoms. The Morgan fingerprint density at radius 2 is 1.56 bits per heavy atom. The molecule has 1 saturated heterocycles. The summed E-state index contributed by atoms with van der Waals surface area (Å²) in [6, 6.07) is 5.34. The Morgan fingerprint density at radius 1 is 1.04 bits per heavy atom. The van der Waals surface area contributed by atoms with Crippen LogP contribution in [0.25, 0.3) is 0 Å². The number of nitrogens with two attached hydrogens (primary N) is 1. The third-order valence-corrected chi connectivity index (χ3v) is 6.37.